The molecule has 0 radical (unpaired) electrons. The van der Waals surface area contributed by atoms with Gasteiger partial charge in [0.1, 0.15) is 5.82 Å². The fourth-order valence-corrected chi connectivity index (χ4v) is 2.38. The Balaban J connectivity index is 2.41. The van der Waals surface area contributed by atoms with Gasteiger partial charge in [-0.2, -0.15) is 23.3 Å². The van der Waals surface area contributed by atoms with Crippen molar-refractivity contribution in [2.24, 2.45) is 11.0 Å². The number of hydrogen-bond acceptors (Lipinski definition) is 3. The third kappa shape index (κ3) is 3.36. The first-order valence-electron chi connectivity index (χ1n) is 7.00. The van der Waals surface area contributed by atoms with Crippen LogP contribution in [-0.4, -0.2) is 33.6 Å². The molecule has 23 heavy (non-hydrogen) atoms. The Morgan fingerprint density at radius 2 is 2.09 bits per heavy atom. The Labute approximate surface area is 130 Å². The van der Waals surface area contributed by atoms with Crippen LogP contribution in [-0.2, 0) is 0 Å². The van der Waals surface area contributed by atoms with Crippen LogP contribution in [0.2, 0.25) is 0 Å². The summed E-state index contributed by atoms with van der Waals surface area (Å²) in [5.41, 5.74) is -3.66. The highest BCUT2D eigenvalue weighted by molar-refractivity contribution is 5.98. The van der Waals surface area contributed by atoms with Gasteiger partial charge in [-0.25, -0.2) is 4.39 Å². The zero-order valence-electron chi connectivity index (χ0n) is 12.6. The molecule has 1 aliphatic heterocycles. The van der Waals surface area contributed by atoms with Crippen molar-refractivity contribution in [3.63, 3.8) is 0 Å². The monoisotopic (exact) mass is 332 g/mol. The van der Waals surface area contributed by atoms with Crippen molar-refractivity contribution in [1.29, 1.82) is 0 Å². The van der Waals surface area contributed by atoms with Crippen molar-refractivity contribution < 1.29 is 27.5 Å². The first kappa shape index (κ1) is 17.4. The summed E-state index contributed by atoms with van der Waals surface area (Å²) in [6, 6.07) is 4.22. The lowest BCUT2D eigenvalue weighted by molar-refractivity contribution is -0.297. The summed E-state index contributed by atoms with van der Waals surface area (Å²) in [7, 11) is 0. The number of halogens is 4. The second-order valence-corrected chi connectivity index (χ2v) is 5.88. The van der Waals surface area contributed by atoms with Crippen molar-refractivity contribution >= 4 is 11.6 Å². The Morgan fingerprint density at radius 1 is 1.43 bits per heavy atom. The highest BCUT2D eigenvalue weighted by Crippen LogP contribution is 2.41. The first-order chi connectivity index (χ1) is 10.5. The van der Waals surface area contributed by atoms with Crippen LogP contribution >= 0.6 is 0 Å². The smallest absolute Gasteiger partial charge is 0.362 e. The minimum atomic E-state index is -5.09. The fourth-order valence-electron chi connectivity index (χ4n) is 2.38. The van der Waals surface area contributed by atoms with Crippen molar-refractivity contribution in [3.8, 4) is 0 Å². The maximum absolute atomic E-state index is 13.3. The van der Waals surface area contributed by atoms with E-state index in [0.29, 0.717) is 0 Å². The van der Waals surface area contributed by atoms with Gasteiger partial charge in [-0.15, -0.1) is 0 Å². The number of nitrogens with zero attached hydrogens (tertiary/aromatic N) is 2. The lowest BCUT2D eigenvalue weighted by atomic mass is 9.99. The Bertz CT molecular complexity index is 643. The Morgan fingerprint density at radius 3 is 2.61 bits per heavy atom. The molecule has 1 amide bonds. The van der Waals surface area contributed by atoms with E-state index in [2.05, 4.69) is 5.10 Å². The van der Waals surface area contributed by atoms with Gasteiger partial charge in [0.15, 0.2) is 0 Å². The molecule has 8 heteroatoms. The van der Waals surface area contributed by atoms with Crippen LogP contribution in [0.4, 0.5) is 17.6 Å². The van der Waals surface area contributed by atoms with Gasteiger partial charge < -0.3 is 5.11 Å². The number of benzene rings is 1. The quantitative estimate of drug-likeness (QED) is 0.863. The number of rotatable bonds is 3. The van der Waals surface area contributed by atoms with E-state index >= 15 is 0 Å². The van der Waals surface area contributed by atoms with Crippen LogP contribution in [0.3, 0.4) is 0 Å². The lowest BCUT2D eigenvalue weighted by Gasteiger charge is -2.32. The average molecular weight is 332 g/mol. The minimum Gasteiger partial charge on any atom is -0.362 e. The standard InChI is InChI=1S/C15H16F4N2O2/c1-9(2)6-12-8-14(23,15(17,18)19)21(20-12)13(22)10-4-3-5-11(16)7-10/h3-5,7,9,23H,6,8H2,1-2H3/t14-/m0/s1. The molecule has 0 spiro atoms. The lowest BCUT2D eigenvalue weighted by Crippen LogP contribution is -2.56. The molecule has 0 saturated carbocycles. The number of carbonyl (C=O) groups is 1. The van der Waals surface area contributed by atoms with E-state index in [-0.39, 0.29) is 28.6 Å². The van der Waals surface area contributed by atoms with Crippen molar-refractivity contribution in [3.05, 3.63) is 35.6 Å². The number of hydrogen-bond donors (Lipinski definition) is 1. The first-order valence-corrected chi connectivity index (χ1v) is 7.00. The molecular formula is C15H16F4N2O2. The van der Waals surface area contributed by atoms with E-state index in [1.54, 1.807) is 13.8 Å². The molecule has 0 saturated heterocycles. The summed E-state index contributed by atoms with van der Waals surface area (Å²) in [6.07, 6.45) is -5.68. The number of amides is 1. The van der Waals surface area contributed by atoms with E-state index in [1.807, 2.05) is 0 Å². The number of hydrazone groups is 1. The largest absolute Gasteiger partial charge is 0.438 e. The third-order valence-corrected chi connectivity index (χ3v) is 3.40. The average Bonchev–Trinajstić information content (AvgIpc) is 2.74. The molecule has 1 N–H and O–H groups in total. The molecule has 0 aromatic heterocycles. The highest BCUT2D eigenvalue weighted by Gasteiger charge is 2.63. The van der Waals surface area contributed by atoms with Gasteiger partial charge in [0.25, 0.3) is 11.6 Å². The molecule has 0 unspecified atom stereocenters. The van der Waals surface area contributed by atoms with Crippen LogP contribution in [0.15, 0.2) is 29.4 Å². The van der Waals surface area contributed by atoms with Gasteiger partial charge in [0, 0.05) is 17.7 Å². The zero-order valence-corrected chi connectivity index (χ0v) is 12.6. The molecule has 1 aromatic rings. The molecule has 1 heterocycles. The predicted molar refractivity (Wildman–Crippen MR) is 75.1 cm³/mol. The number of alkyl halides is 3. The summed E-state index contributed by atoms with van der Waals surface area (Å²) in [4.78, 5) is 12.3. The molecule has 0 aliphatic carbocycles. The van der Waals surface area contributed by atoms with Gasteiger partial charge in [-0.05, 0) is 30.5 Å². The Hall–Kier alpha value is -1.96. The number of aliphatic hydroxyl groups is 1. The number of carbonyl (C=O) groups excluding carboxylic acids is 1. The van der Waals surface area contributed by atoms with Crippen molar-refractivity contribution in [1.82, 2.24) is 5.01 Å². The molecule has 2 rings (SSSR count). The normalized spacial score (nSPS) is 21.7. The van der Waals surface area contributed by atoms with Crippen LogP contribution < -0.4 is 0 Å². The molecule has 4 nitrogen and oxygen atoms in total. The van der Waals surface area contributed by atoms with Gasteiger partial charge in [0.05, 0.1) is 0 Å². The van der Waals surface area contributed by atoms with Gasteiger partial charge in [-0.1, -0.05) is 19.9 Å². The Kier molecular flexibility index (Phi) is 4.48. The summed E-state index contributed by atoms with van der Waals surface area (Å²) < 4.78 is 53.0. The fraction of sp³-hybridized carbons (Fsp3) is 0.467. The SMILES string of the molecule is CC(C)CC1=NN(C(=O)c2cccc(F)c2)[C@@](O)(C(F)(F)F)C1. The molecule has 1 aliphatic rings. The van der Waals surface area contributed by atoms with Crippen molar-refractivity contribution in [2.75, 3.05) is 0 Å². The summed E-state index contributed by atoms with van der Waals surface area (Å²) in [5.74, 6) is -1.96. The minimum absolute atomic E-state index is 0.00968. The highest BCUT2D eigenvalue weighted by atomic mass is 19.4. The summed E-state index contributed by atoms with van der Waals surface area (Å²) >= 11 is 0. The van der Waals surface area contributed by atoms with Crippen LogP contribution in [0.1, 0.15) is 37.0 Å². The van der Waals surface area contributed by atoms with Crippen LogP contribution in [0.5, 0.6) is 0 Å². The maximum Gasteiger partial charge on any atom is 0.438 e. The van der Waals surface area contributed by atoms with Gasteiger partial charge in [0.2, 0.25) is 0 Å². The molecule has 0 fully saturated rings. The van der Waals surface area contributed by atoms with Gasteiger partial charge in [-0.3, -0.25) is 4.79 Å². The summed E-state index contributed by atoms with van der Waals surface area (Å²) in [6.45, 7) is 3.57. The third-order valence-electron chi connectivity index (χ3n) is 3.40. The zero-order chi connectivity index (χ0) is 17.4. The summed E-state index contributed by atoms with van der Waals surface area (Å²) in [5, 5.41) is 13.7. The van der Waals surface area contributed by atoms with E-state index in [4.69, 9.17) is 0 Å². The van der Waals surface area contributed by atoms with E-state index in [9.17, 15) is 27.5 Å². The van der Waals surface area contributed by atoms with E-state index in [1.165, 1.54) is 6.07 Å². The predicted octanol–water partition coefficient (Wildman–Crippen LogP) is 3.32. The van der Waals surface area contributed by atoms with Crippen LogP contribution in [0, 0.1) is 11.7 Å². The second kappa shape index (κ2) is 5.92. The van der Waals surface area contributed by atoms with E-state index in [0.717, 1.165) is 18.2 Å². The molecule has 126 valence electrons. The topological polar surface area (TPSA) is 52.9 Å². The molecule has 1 atom stereocenters. The molecule has 0 bridgehead atoms. The molecular weight excluding hydrogens is 316 g/mol. The second-order valence-electron chi connectivity index (χ2n) is 5.88. The van der Waals surface area contributed by atoms with Crippen LogP contribution in [0.25, 0.3) is 0 Å². The maximum atomic E-state index is 13.3. The van der Waals surface area contributed by atoms with Gasteiger partial charge >= 0.3 is 6.18 Å². The van der Waals surface area contributed by atoms with Crippen molar-refractivity contribution in [2.45, 2.75) is 38.6 Å². The molecule has 1 aromatic carbocycles. The van der Waals surface area contributed by atoms with E-state index < -0.39 is 30.0 Å².